The molecule has 0 amide bonds. The molecule has 0 aromatic carbocycles. The zero-order valence-electron chi connectivity index (χ0n) is 74.3. The number of rotatable bonds is 18. The molecule has 0 aromatic heterocycles. The van der Waals surface area contributed by atoms with Crippen LogP contribution in [0.15, 0.2) is 0 Å². The first-order chi connectivity index (χ1) is 51.5. The predicted molar refractivity (Wildman–Crippen MR) is 486 cm³/mol. The maximum absolute atomic E-state index is 14.2. The summed E-state index contributed by atoms with van der Waals surface area (Å²) in [7, 11) is 0. The van der Waals surface area contributed by atoms with Gasteiger partial charge in [0.05, 0.1) is 21.5 Å². The van der Waals surface area contributed by atoms with Gasteiger partial charge in [0.25, 0.3) is 0 Å². The van der Waals surface area contributed by atoms with Crippen LogP contribution >= 0.6 is 46.4 Å². The zero-order valence-corrected chi connectivity index (χ0v) is 77.3. The summed E-state index contributed by atoms with van der Waals surface area (Å²) in [5.74, 6) is 12.7. The van der Waals surface area contributed by atoms with E-state index < -0.39 is 49.4 Å². The molecular formula is C96H192Cl4F8O6. The zero-order chi connectivity index (χ0) is 78.7. The number of hydrogen-bond acceptors (Lipinski definition) is 0. The Labute approximate surface area is 723 Å². The van der Waals surface area contributed by atoms with E-state index in [4.69, 9.17) is 46.4 Å². The van der Waals surface area contributed by atoms with Gasteiger partial charge in [-0.2, -0.15) is 0 Å². The fraction of sp³-hybridized carbons (Fsp3) is 1.00. The molecule has 6 nitrogen and oxygen atoms in total. The second-order valence-corrected chi connectivity index (χ2v) is 43.5. The highest BCUT2D eigenvalue weighted by Gasteiger charge is 2.43. The Morgan fingerprint density at radius 2 is 0.325 bits per heavy atom. The molecule has 18 heteroatoms. The molecule has 12 N–H and O–H groups in total. The molecule has 24 atom stereocenters. The summed E-state index contributed by atoms with van der Waals surface area (Å²) in [6.07, 6.45) is 50.4. The average molecular weight is 1740 g/mol. The molecule has 0 radical (unpaired) electrons. The summed E-state index contributed by atoms with van der Waals surface area (Å²) < 4.78 is 111. The average Bonchev–Trinajstić information content (AvgIpc) is 0.868. The van der Waals surface area contributed by atoms with E-state index in [1.165, 1.54) is 180 Å². The fourth-order valence-electron chi connectivity index (χ4n) is 22.4. The van der Waals surface area contributed by atoms with Crippen molar-refractivity contribution in [3.63, 3.8) is 0 Å². The summed E-state index contributed by atoms with van der Waals surface area (Å²) in [6.45, 7) is 25.9. The molecule has 12 fully saturated rings. The first-order valence-electron chi connectivity index (χ1n) is 47.1. The standard InChI is InChI=1S/4C16H28ClF.2C16H28F2.6H2O.6H2/c2*1-11-3-6-13(7-4-11)8-10-14-9-5-12(2)16(18)15(14)17;4*1-11-3-6-13(7-4-11)8-10-14-9-5-12(2)15(17)16(14)18;;;;;;;;;;;;/h6*11-16H,3-10H2,1-2H3;6*1H2;6*1H. The molecule has 0 aromatic rings. The summed E-state index contributed by atoms with van der Waals surface area (Å²) in [5.41, 5.74) is 0. The fourth-order valence-corrected chi connectivity index (χ4v) is 24.1. The summed E-state index contributed by atoms with van der Waals surface area (Å²) in [5, 5.41) is -0.933. The van der Waals surface area contributed by atoms with Gasteiger partial charge in [0, 0.05) is 8.56 Å². The van der Waals surface area contributed by atoms with Gasteiger partial charge in [-0.05, 0) is 258 Å². The van der Waals surface area contributed by atoms with Crippen molar-refractivity contribution < 1.29 is 76.5 Å². The minimum atomic E-state index is -1.21. The van der Waals surface area contributed by atoms with Crippen LogP contribution in [0.2, 0.25) is 0 Å². The molecule has 0 spiro atoms. The second kappa shape index (κ2) is 58.5. The van der Waals surface area contributed by atoms with E-state index >= 15 is 0 Å². The molecule has 0 saturated heterocycles. The lowest BCUT2D eigenvalue weighted by Crippen LogP contribution is -2.37. The number of hydrogen-bond donors (Lipinski definition) is 0. The Morgan fingerprint density at radius 1 is 0.167 bits per heavy atom. The molecule has 114 heavy (non-hydrogen) atoms. The highest BCUT2D eigenvalue weighted by atomic mass is 35.5. The van der Waals surface area contributed by atoms with Crippen molar-refractivity contribution in [3.8, 4) is 0 Å². The predicted octanol–water partition coefficient (Wildman–Crippen LogP) is 29.5. The van der Waals surface area contributed by atoms with Crippen LogP contribution in [-0.2, 0) is 0 Å². The third kappa shape index (κ3) is 37.7. The lowest BCUT2D eigenvalue weighted by Gasteiger charge is -2.35. The van der Waals surface area contributed by atoms with Gasteiger partial charge < -0.3 is 32.9 Å². The van der Waals surface area contributed by atoms with E-state index in [0.29, 0.717) is 23.7 Å². The molecule has 24 unspecified atom stereocenters. The SMILES string of the molecule is CC1CCC(CCC2CCC(C)C(Cl)C2F)CC1.CC1CCC(CCC2CCC(C)C(Cl)C2F)CC1.CC1CCC(CCC2CCC(C)C(F)C2Cl)CC1.CC1CCC(CCC2CCC(C)C(F)C2Cl)CC1.CC1CCC(CCC2CCC(C)C(F)C2F)CC1.CC1CCC(CCC2CCC(C)C(F)C2F)CC1.O.O.O.O.O.O.[HH].[HH].[HH].[HH].[HH].[HH]. The van der Waals surface area contributed by atoms with Crippen molar-refractivity contribution >= 4 is 46.4 Å². The lowest BCUT2D eigenvalue weighted by molar-refractivity contribution is 0.0230. The topological polar surface area (TPSA) is 189 Å². The number of halogens is 12. The van der Waals surface area contributed by atoms with Crippen LogP contribution in [-0.4, -0.2) is 104 Å². The van der Waals surface area contributed by atoms with Crippen molar-refractivity contribution in [1.29, 1.82) is 0 Å². The largest absolute Gasteiger partial charge is 0.412 e. The monoisotopic (exact) mass is 1730 g/mol. The molecule has 0 aliphatic heterocycles. The van der Waals surface area contributed by atoms with Crippen LogP contribution in [0.1, 0.15) is 400 Å². The van der Waals surface area contributed by atoms with Gasteiger partial charge in [-0.3, -0.25) is 0 Å². The molecule has 12 aliphatic carbocycles. The molecular weight excluding hydrogens is 1540 g/mol. The third-order valence-corrected chi connectivity index (χ3v) is 34.8. The molecule has 0 bridgehead atoms. The minimum absolute atomic E-state index is 0. The van der Waals surface area contributed by atoms with Gasteiger partial charge in [-0.1, -0.05) is 276 Å². The van der Waals surface area contributed by atoms with Crippen molar-refractivity contribution in [2.75, 3.05) is 0 Å². The van der Waals surface area contributed by atoms with Crippen LogP contribution < -0.4 is 0 Å². The van der Waals surface area contributed by atoms with Crippen LogP contribution in [0.5, 0.6) is 0 Å². The summed E-state index contributed by atoms with van der Waals surface area (Å²) >= 11 is 24.9. The first kappa shape index (κ1) is 112. The van der Waals surface area contributed by atoms with Crippen molar-refractivity contribution in [2.24, 2.45) is 142 Å². The van der Waals surface area contributed by atoms with E-state index in [1.807, 2.05) is 27.7 Å². The Bertz CT molecular complexity index is 1960. The van der Waals surface area contributed by atoms with Crippen molar-refractivity contribution in [2.45, 2.75) is 462 Å². The maximum Gasteiger partial charge on any atom is 0.134 e. The van der Waals surface area contributed by atoms with Gasteiger partial charge in [0.1, 0.15) is 49.4 Å². The Kier molecular flexibility index (Phi) is 57.7. The van der Waals surface area contributed by atoms with Crippen LogP contribution in [0.3, 0.4) is 0 Å². The first-order valence-corrected chi connectivity index (χ1v) is 48.9. The molecule has 12 aliphatic rings. The van der Waals surface area contributed by atoms with Crippen LogP contribution in [0, 0.1) is 142 Å². The molecule has 696 valence electrons. The lowest BCUT2D eigenvalue weighted by atomic mass is 9.75. The van der Waals surface area contributed by atoms with E-state index in [2.05, 4.69) is 55.4 Å². The molecule has 12 saturated carbocycles. The molecule has 0 heterocycles. The Morgan fingerprint density at radius 3 is 0.526 bits per heavy atom. The highest BCUT2D eigenvalue weighted by Crippen LogP contribution is 2.47. The normalized spacial score (nSPS) is 43.6. The smallest absolute Gasteiger partial charge is 0.134 e. The van der Waals surface area contributed by atoms with Crippen molar-refractivity contribution in [3.05, 3.63) is 0 Å². The Hall–Kier alpha value is 0.360. The minimum Gasteiger partial charge on any atom is -0.412 e. The van der Waals surface area contributed by atoms with Gasteiger partial charge in [-0.25, -0.2) is 35.1 Å². The second-order valence-electron chi connectivity index (χ2n) is 41.4. The van der Waals surface area contributed by atoms with Gasteiger partial charge in [0.2, 0.25) is 0 Å². The third-order valence-electron chi connectivity index (χ3n) is 32.2. The van der Waals surface area contributed by atoms with E-state index in [0.717, 1.165) is 199 Å². The Balaban J connectivity index is -0.000000319. The van der Waals surface area contributed by atoms with Crippen LogP contribution in [0.4, 0.5) is 35.1 Å². The highest BCUT2D eigenvalue weighted by molar-refractivity contribution is 6.22. The summed E-state index contributed by atoms with van der Waals surface area (Å²) in [4.78, 5) is 0. The van der Waals surface area contributed by atoms with Crippen molar-refractivity contribution in [1.82, 2.24) is 0 Å². The van der Waals surface area contributed by atoms with E-state index in [9.17, 15) is 35.1 Å². The van der Waals surface area contributed by atoms with Gasteiger partial charge in [0.15, 0.2) is 0 Å². The summed E-state index contributed by atoms with van der Waals surface area (Å²) in [6, 6.07) is 0. The number of alkyl halides is 12. The van der Waals surface area contributed by atoms with E-state index in [-0.39, 0.29) is 110 Å². The van der Waals surface area contributed by atoms with Crippen LogP contribution in [0.25, 0.3) is 0 Å². The maximum atomic E-state index is 14.2. The quantitative estimate of drug-likeness (QED) is 0.0934. The molecule has 12 rings (SSSR count). The van der Waals surface area contributed by atoms with Gasteiger partial charge >= 0.3 is 0 Å². The van der Waals surface area contributed by atoms with E-state index in [1.54, 1.807) is 0 Å². The van der Waals surface area contributed by atoms with Gasteiger partial charge in [-0.15, -0.1) is 46.4 Å².